The van der Waals surface area contributed by atoms with Gasteiger partial charge in [-0.25, -0.2) is 0 Å². The van der Waals surface area contributed by atoms with E-state index in [1.165, 1.54) is 0 Å². The molecule has 0 aliphatic carbocycles. The van der Waals surface area contributed by atoms with Crippen molar-refractivity contribution in [3.63, 3.8) is 0 Å². The van der Waals surface area contributed by atoms with E-state index in [2.05, 4.69) is 0 Å². The Labute approximate surface area is 96.9 Å². The van der Waals surface area contributed by atoms with E-state index in [-0.39, 0.29) is 99.3 Å². The van der Waals surface area contributed by atoms with Crippen molar-refractivity contribution in [2.24, 2.45) is 0 Å². The van der Waals surface area contributed by atoms with Gasteiger partial charge in [-0.3, -0.25) is 0 Å². The van der Waals surface area contributed by atoms with Gasteiger partial charge < -0.3 is 24.8 Å². The molecule has 0 bridgehead atoms. The molecule has 0 saturated heterocycles. The topological polar surface area (TPSA) is 0 Å². The molecule has 0 nitrogen and oxygen atoms in total. The molecule has 17 valence electrons. The minimum Gasteiger partial charge on any atom is -1.00 e. The zero-order chi connectivity index (χ0) is 0. The van der Waals surface area contributed by atoms with Gasteiger partial charge >= 0.3 is 74.5 Å². The summed E-state index contributed by atoms with van der Waals surface area (Å²) in [5.74, 6) is 0. The fourth-order valence-electron chi connectivity index (χ4n) is 0. The average Bonchev–Trinajstić information content (AvgIpc) is 0. The molecule has 0 fully saturated rings. The summed E-state index contributed by atoms with van der Waals surface area (Å²) in [7, 11) is 0. The van der Waals surface area contributed by atoms with Crippen LogP contribution < -0.4 is 24.8 Å². The molecule has 0 rings (SSSR count). The van der Waals surface area contributed by atoms with E-state index in [0.29, 0.717) is 0 Å². The van der Waals surface area contributed by atoms with Crippen LogP contribution in [0, 0.1) is 41.7 Å². The van der Waals surface area contributed by atoms with Gasteiger partial charge in [-0.1, -0.05) is 0 Å². The first kappa shape index (κ1) is 27.7. The number of rotatable bonds is 0. The third kappa shape index (κ3) is 8.91. The molecular weight excluding hydrogens is 300 g/mol. The second kappa shape index (κ2) is 16.6. The van der Waals surface area contributed by atoms with Crippen LogP contribution in [-0.4, -0.2) is 0 Å². The van der Waals surface area contributed by atoms with Gasteiger partial charge in [-0.2, -0.15) is 0 Å². The number of hydrogen-bond acceptors (Lipinski definition) is 0. The summed E-state index contributed by atoms with van der Waals surface area (Å²) in [6.45, 7) is 0. The van der Waals surface area contributed by atoms with Crippen LogP contribution in [0.1, 0.15) is 0 Å². The number of halogens is 2. The van der Waals surface area contributed by atoms with Gasteiger partial charge in [0.25, 0.3) is 0 Å². The molecule has 0 amide bonds. The van der Waals surface area contributed by atoms with E-state index in [1.807, 2.05) is 0 Å². The normalized spacial score (nSPS) is 0. The van der Waals surface area contributed by atoms with E-state index < -0.39 is 0 Å². The van der Waals surface area contributed by atoms with E-state index in [4.69, 9.17) is 0 Å². The van der Waals surface area contributed by atoms with E-state index >= 15 is 0 Å². The summed E-state index contributed by atoms with van der Waals surface area (Å²) in [5, 5.41) is 0. The predicted molar refractivity (Wildman–Crippen MR) is 0 cm³/mol. The fraction of sp³-hybridized carbons (Fsp3) is 0. The van der Waals surface area contributed by atoms with Crippen molar-refractivity contribution in [1.29, 1.82) is 0 Å². The van der Waals surface area contributed by atoms with Crippen LogP contribution in [0.4, 0.5) is 0 Å². The molecule has 0 saturated carbocycles. The summed E-state index contributed by atoms with van der Waals surface area (Å²) in [6.07, 6.45) is 0. The van der Waals surface area contributed by atoms with Crippen LogP contribution in [0.25, 0.3) is 0 Å². The van der Waals surface area contributed by atoms with Gasteiger partial charge in [0, 0.05) is 0 Å². The van der Waals surface area contributed by atoms with E-state index in [1.54, 1.807) is 0 Å². The maximum atomic E-state index is 0. The molecule has 0 aromatic rings. The first-order valence-electron chi connectivity index (χ1n) is 0. The fourth-order valence-corrected chi connectivity index (χ4v) is 0. The third-order valence-electron chi connectivity index (χ3n) is 0. The van der Waals surface area contributed by atoms with Gasteiger partial charge in [-0.15, -0.1) is 0 Å². The second-order valence-electron chi connectivity index (χ2n) is 0. The van der Waals surface area contributed by atoms with Crippen molar-refractivity contribution in [1.82, 2.24) is 0 Å². The largest absolute Gasteiger partial charge is 3.00 e. The Kier molecular flexibility index (Phi) is 115. The molecular formula is CeCl2Y+4. The standard InChI is InChI=1S/Ce.2ClH.Y/h;2*1H;/q+3;;;+3/p-2. The van der Waals surface area contributed by atoms with Crippen molar-refractivity contribution >= 4 is 0 Å². The van der Waals surface area contributed by atoms with E-state index in [9.17, 15) is 0 Å². The SMILES string of the molecule is [Ce+3].[Cl-].[Cl-].[Y+3]. The monoisotopic (exact) mass is 299 g/mol. The van der Waals surface area contributed by atoms with Crippen LogP contribution in [0.3, 0.4) is 0 Å². The van der Waals surface area contributed by atoms with Crippen molar-refractivity contribution in [2.75, 3.05) is 0 Å². The molecule has 0 aromatic carbocycles. The quantitative estimate of drug-likeness (QED) is 0.418. The van der Waals surface area contributed by atoms with Crippen LogP contribution in [-0.2, 0) is 32.7 Å². The van der Waals surface area contributed by atoms with Crippen LogP contribution >= 0.6 is 0 Å². The number of hydrogen-bond donors (Lipinski definition) is 0. The van der Waals surface area contributed by atoms with Gasteiger partial charge in [-0.05, 0) is 0 Å². The van der Waals surface area contributed by atoms with Crippen molar-refractivity contribution < 1.29 is 99.3 Å². The summed E-state index contributed by atoms with van der Waals surface area (Å²) in [4.78, 5) is 0. The maximum Gasteiger partial charge on any atom is 3.00 e. The minimum atomic E-state index is 0. The summed E-state index contributed by atoms with van der Waals surface area (Å²) in [6, 6.07) is 0. The zero-order valence-corrected chi connectivity index (χ0v) is 9.32. The van der Waals surface area contributed by atoms with Gasteiger partial charge in [0.2, 0.25) is 0 Å². The first-order chi connectivity index (χ1) is 0. The van der Waals surface area contributed by atoms with Crippen molar-refractivity contribution in [3.8, 4) is 0 Å². The van der Waals surface area contributed by atoms with Gasteiger partial charge in [0.15, 0.2) is 0 Å². The molecule has 0 aliphatic rings. The smallest absolute Gasteiger partial charge is 1.00 e. The summed E-state index contributed by atoms with van der Waals surface area (Å²) in [5.41, 5.74) is 0. The molecule has 0 aromatic heterocycles. The van der Waals surface area contributed by atoms with Crippen LogP contribution in [0.5, 0.6) is 0 Å². The molecule has 4 heavy (non-hydrogen) atoms. The van der Waals surface area contributed by atoms with Gasteiger partial charge in [0.05, 0.1) is 0 Å². The summed E-state index contributed by atoms with van der Waals surface area (Å²) < 4.78 is 0. The Morgan fingerprint density at radius 2 is 0.750 bits per heavy atom. The minimum absolute atomic E-state index is 0. The molecule has 0 spiro atoms. The Morgan fingerprint density at radius 1 is 0.750 bits per heavy atom. The molecule has 0 atom stereocenters. The predicted octanol–water partition coefficient (Wildman–Crippen LogP) is -5.99. The van der Waals surface area contributed by atoms with Crippen LogP contribution in [0.2, 0.25) is 0 Å². The van der Waals surface area contributed by atoms with Crippen molar-refractivity contribution in [2.45, 2.75) is 0 Å². The van der Waals surface area contributed by atoms with Crippen molar-refractivity contribution in [3.05, 3.63) is 0 Å². The third-order valence-corrected chi connectivity index (χ3v) is 0. The Hall–Kier alpha value is 3.06. The average molecular weight is 300 g/mol. The molecule has 1 radical (unpaired) electrons. The molecule has 0 N–H and O–H groups in total. The van der Waals surface area contributed by atoms with Crippen LogP contribution in [0.15, 0.2) is 0 Å². The Bertz CT molecular complexity index is 6.00. The molecule has 0 heterocycles. The second-order valence-corrected chi connectivity index (χ2v) is 0. The van der Waals surface area contributed by atoms with Gasteiger partial charge in [0.1, 0.15) is 0 Å². The summed E-state index contributed by atoms with van der Waals surface area (Å²) >= 11 is 0. The zero-order valence-electron chi connectivity index (χ0n) is 1.83. The molecule has 4 heteroatoms. The van der Waals surface area contributed by atoms with E-state index in [0.717, 1.165) is 0 Å². The first-order valence-corrected chi connectivity index (χ1v) is 0. The molecule has 0 aliphatic heterocycles. The Morgan fingerprint density at radius 3 is 0.750 bits per heavy atom. The maximum absolute atomic E-state index is 0. The molecule has 0 unspecified atom stereocenters. The Balaban J connectivity index is 0.